The third-order valence-corrected chi connectivity index (χ3v) is 5.66. The van der Waals surface area contributed by atoms with Crippen molar-refractivity contribution in [3.63, 3.8) is 0 Å². The summed E-state index contributed by atoms with van der Waals surface area (Å²) in [6.45, 7) is 10.7. The standard InChI is InChI=1S/C25H34ClN3O5/c1-8-15-9-10-16(18(26)11-15)13-27-21(31)19-12-17(30)14-29(19)22(32)20(24(2,3)4)28-23(33)34-25(5,6)7/h1,9-11,17,19-20,30H,12-14H2,2-7H3,(H,27,31)(H,28,33)/t17-,19+,20-/m1/s1. The van der Waals surface area contributed by atoms with Crippen LogP contribution in [0.15, 0.2) is 18.2 Å². The van der Waals surface area contributed by atoms with Crippen LogP contribution in [0.4, 0.5) is 4.79 Å². The summed E-state index contributed by atoms with van der Waals surface area (Å²) in [6.07, 6.45) is 3.87. The van der Waals surface area contributed by atoms with Gasteiger partial charge in [0.15, 0.2) is 0 Å². The van der Waals surface area contributed by atoms with Crippen LogP contribution in [0.5, 0.6) is 0 Å². The second-order valence-corrected chi connectivity index (χ2v) is 10.9. The number of carbonyl (C=O) groups is 3. The van der Waals surface area contributed by atoms with Crippen molar-refractivity contribution in [2.24, 2.45) is 5.41 Å². The number of β-amino-alcohol motifs (C(OH)–C–C–N with tert-alkyl or cyclic N) is 1. The number of carbonyl (C=O) groups excluding carboxylic acids is 3. The molecular weight excluding hydrogens is 458 g/mol. The van der Waals surface area contributed by atoms with Gasteiger partial charge in [-0.3, -0.25) is 9.59 Å². The zero-order valence-electron chi connectivity index (χ0n) is 20.6. The number of terminal acetylenes is 1. The number of amides is 3. The monoisotopic (exact) mass is 491 g/mol. The Bertz CT molecular complexity index is 974. The number of halogens is 1. The molecule has 34 heavy (non-hydrogen) atoms. The van der Waals surface area contributed by atoms with Crippen molar-refractivity contribution < 1.29 is 24.2 Å². The quantitative estimate of drug-likeness (QED) is 0.549. The average molecular weight is 492 g/mol. The lowest BCUT2D eigenvalue weighted by atomic mass is 9.85. The van der Waals surface area contributed by atoms with Crippen LogP contribution in [-0.2, 0) is 20.9 Å². The van der Waals surface area contributed by atoms with Crippen LogP contribution in [0, 0.1) is 17.8 Å². The second kappa shape index (κ2) is 10.7. The summed E-state index contributed by atoms with van der Waals surface area (Å²) in [6, 6.07) is 3.22. The Morgan fingerprint density at radius 2 is 1.91 bits per heavy atom. The van der Waals surface area contributed by atoms with Crippen LogP contribution in [0.25, 0.3) is 0 Å². The molecule has 8 nitrogen and oxygen atoms in total. The van der Waals surface area contributed by atoms with Crippen molar-refractivity contribution in [3.8, 4) is 12.3 Å². The molecule has 3 amide bonds. The molecule has 0 saturated carbocycles. The van der Waals surface area contributed by atoms with E-state index < -0.39 is 47.1 Å². The molecule has 0 aromatic heterocycles. The van der Waals surface area contributed by atoms with E-state index in [2.05, 4.69) is 16.6 Å². The molecule has 1 saturated heterocycles. The molecule has 186 valence electrons. The Hall–Kier alpha value is -2.76. The number of hydrogen-bond donors (Lipinski definition) is 3. The van der Waals surface area contributed by atoms with Gasteiger partial charge < -0.3 is 25.4 Å². The summed E-state index contributed by atoms with van der Waals surface area (Å²) in [4.78, 5) is 40.2. The number of alkyl carbamates (subject to hydrolysis) is 1. The van der Waals surface area contributed by atoms with Gasteiger partial charge in [-0.05, 0) is 43.9 Å². The molecule has 0 spiro atoms. The minimum absolute atomic E-state index is 0.0167. The molecule has 0 bridgehead atoms. The van der Waals surface area contributed by atoms with E-state index in [1.807, 2.05) is 0 Å². The summed E-state index contributed by atoms with van der Waals surface area (Å²) in [5.41, 5.74) is -0.109. The summed E-state index contributed by atoms with van der Waals surface area (Å²) >= 11 is 6.24. The van der Waals surface area contributed by atoms with Crippen molar-refractivity contribution in [1.29, 1.82) is 0 Å². The molecule has 0 unspecified atom stereocenters. The van der Waals surface area contributed by atoms with Gasteiger partial charge in [0.1, 0.15) is 17.7 Å². The fourth-order valence-corrected chi connectivity index (χ4v) is 3.87. The van der Waals surface area contributed by atoms with Gasteiger partial charge in [-0.2, -0.15) is 0 Å². The Balaban J connectivity index is 2.16. The zero-order chi connectivity index (χ0) is 25.8. The maximum Gasteiger partial charge on any atom is 0.408 e. The van der Waals surface area contributed by atoms with E-state index in [9.17, 15) is 19.5 Å². The van der Waals surface area contributed by atoms with E-state index >= 15 is 0 Å². The van der Waals surface area contributed by atoms with Crippen molar-refractivity contribution >= 4 is 29.5 Å². The van der Waals surface area contributed by atoms with Crippen LogP contribution in [-0.4, -0.2) is 58.2 Å². The fourth-order valence-electron chi connectivity index (χ4n) is 3.63. The van der Waals surface area contributed by atoms with Gasteiger partial charge in [-0.15, -0.1) is 6.42 Å². The van der Waals surface area contributed by atoms with Gasteiger partial charge in [-0.25, -0.2) is 4.79 Å². The molecule has 1 heterocycles. The molecule has 1 aromatic carbocycles. The molecule has 1 aliphatic heterocycles. The first-order chi connectivity index (χ1) is 15.6. The van der Waals surface area contributed by atoms with E-state index in [0.29, 0.717) is 16.1 Å². The Morgan fingerprint density at radius 1 is 1.26 bits per heavy atom. The molecule has 9 heteroatoms. The number of likely N-dealkylation sites (tertiary alicyclic amines) is 1. The first-order valence-corrected chi connectivity index (χ1v) is 11.5. The highest BCUT2D eigenvalue weighted by atomic mass is 35.5. The van der Waals surface area contributed by atoms with E-state index in [1.54, 1.807) is 59.7 Å². The van der Waals surface area contributed by atoms with Gasteiger partial charge in [0.25, 0.3) is 0 Å². The van der Waals surface area contributed by atoms with Gasteiger partial charge >= 0.3 is 6.09 Å². The lowest BCUT2D eigenvalue weighted by Gasteiger charge is -2.35. The minimum atomic E-state index is -0.964. The highest BCUT2D eigenvalue weighted by Gasteiger charge is 2.44. The highest BCUT2D eigenvalue weighted by Crippen LogP contribution is 2.27. The molecule has 1 aliphatic rings. The lowest BCUT2D eigenvalue weighted by molar-refractivity contribution is -0.142. The minimum Gasteiger partial charge on any atom is -0.444 e. The van der Waals surface area contributed by atoms with Gasteiger partial charge in [0.05, 0.1) is 6.10 Å². The summed E-state index contributed by atoms with van der Waals surface area (Å²) in [5.74, 6) is 1.60. The Labute approximate surface area is 206 Å². The normalized spacial score (nSPS) is 19.2. The van der Waals surface area contributed by atoms with Crippen molar-refractivity contribution in [2.75, 3.05) is 6.54 Å². The van der Waals surface area contributed by atoms with E-state index in [-0.39, 0.29) is 19.5 Å². The van der Waals surface area contributed by atoms with Crippen molar-refractivity contribution in [2.45, 2.75) is 78.3 Å². The first-order valence-electron chi connectivity index (χ1n) is 11.1. The van der Waals surface area contributed by atoms with Crippen molar-refractivity contribution in [3.05, 3.63) is 34.3 Å². The molecule has 0 aliphatic carbocycles. The van der Waals surface area contributed by atoms with E-state index in [1.165, 1.54) is 4.90 Å². The van der Waals surface area contributed by atoms with E-state index in [4.69, 9.17) is 22.8 Å². The largest absolute Gasteiger partial charge is 0.444 e. The Morgan fingerprint density at radius 3 is 2.44 bits per heavy atom. The third kappa shape index (κ3) is 7.37. The fraction of sp³-hybridized carbons (Fsp3) is 0.560. The zero-order valence-corrected chi connectivity index (χ0v) is 21.3. The summed E-state index contributed by atoms with van der Waals surface area (Å²) in [7, 11) is 0. The van der Waals surface area contributed by atoms with Crippen molar-refractivity contribution in [1.82, 2.24) is 15.5 Å². The molecule has 1 fully saturated rings. The molecule has 3 atom stereocenters. The molecule has 2 rings (SSSR count). The van der Waals surface area contributed by atoms with Crippen LogP contribution < -0.4 is 10.6 Å². The Kier molecular flexibility index (Phi) is 8.62. The summed E-state index contributed by atoms with van der Waals surface area (Å²) < 4.78 is 5.31. The third-order valence-electron chi connectivity index (χ3n) is 5.31. The number of ether oxygens (including phenoxy) is 1. The number of benzene rings is 1. The first kappa shape index (κ1) is 27.5. The van der Waals surface area contributed by atoms with Crippen LogP contribution >= 0.6 is 11.6 Å². The molecule has 0 radical (unpaired) electrons. The number of nitrogens with zero attached hydrogens (tertiary/aromatic N) is 1. The average Bonchev–Trinajstić information content (AvgIpc) is 3.10. The van der Waals surface area contributed by atoms with Gasteiger partial charge in [-0.1, -0.05) is 44.4 Å². The maximum absolute atomic E-state index is 13.5. The number of aliphatic hydroxyl groups is 1. The number of rotatable bonds is 5. The summed E-state index contributed by atoms with van der Waals surface area (Å²) in [5, 5.41) is 16.1. The number of aliphatic hydroxyl groups excluding tert-OH is 1. The lowest BCUT2D eigenvalue weighted by Crippen LogP contribution is -2.58. The smallest absolute Gasteiger partial charge is 0.408 e. The van der Waals surface area contributed by atoms with Crippen LogP contribution in [0.3, 0.4) is 0 Å². The molecule has 3 N–H and O–H groups in total. The predicted octanol–water partition coefficient (Wildman–Crippen LogP) is 2.84. The number of hydrogen-bond acceptors (Lipinski definition) is 5. The highest BCUT2D eigenvalue weighted by molar-refractivity contribution is 6.31. The van der Waals surface area contributed by atoms with Crippen LogP contribution in [0.1, 0.15) is 59.1 Å². The van der Waals surface area contributed by atoms with E-state index in [0.717, 1.165) is 0 Å². The predicted molar refractivity (Wildman–Crippen MR) is 130 cm³/mol. The number of nitrogens with one attached hydrogen (secondary N) is 2. The van der Waals surface area contributed by atoms with Gasteiger partial charge in [0.2, 0.25) is 11.8 Å². The van der Waals surface area contributed by atoms with Crippen LogP contribution in [0.2, 0.25) is 5.02 Å². The molecular formula is C25H34ClN3O5. The SMILES string of the molecule is C#Cc1ccc(CNC(=O)[C@@H]2C[C@@H](O)CN2C(=O)[C@@H](NC(=O)OC(C)(C)C)C(C)(C)C)c(Cl)c1. The van der Waals surface area contributed by atoms with Gasteiger partial charge in [0, 0.05) is 30.1 Å². The maximum atomic E-state index is 13.5. The topological polar surface area (TPSA) is 108 Å². The second-order valence-electron chi connectivity index (χ2n) is 10.5. The molecule has 1 aromatic rings.